The molecule has 0 aliphatic carbocycles. The lowest BCUT2D eigenvalue weighted by Gasteiger charge is -2.15. The number of amides is 2. The second-order valence-corrected chi connectivity index (χ2v) is 9.64. The Kier molecular flexibility index (Phi) is 5.13. The molecule has 0 bridgehead atoms. The molecule has 2 aliphatic rings. The highest BCUT2D eigenvalue weighted by Crippen LogP contribution is 2.44. The van der Waals surface area contributed by atoms with Gasteiger partial charge in [-0.2, -0.15) is 0 Å². The zero-order chi connectivity index (χ0) is 20.0. The third-order valence-electron chi connectivity index (χ3n) is 4.26. The van der Waals surface area contributed by atoms with Crippen LogP contribution >= 0.6 is 48.0 Å². The van der Waals surface area contributed by atoms with Gasteiger partial charge in [0.2, 0.25) is 0 Å². The van der Waals surface area contributed by atoms with Gasteiger partial charge in [-0.15, -0.1) is 0 Å². The van der Waals surface area contributed by atoms with Crippen LogP contribution in [0.3, 0.4) is 0 Å². The van der Waals surface area contributed by atoms with Crippen molar-refractivity contribution >= 4 is 79.8 Å². The summed E-state index contributed by atoms with van der Waals surface area (Å²) in [7, 11) is 0. The number of hydrogen-bond acceptors (Lipinski definition) is 6. The Hall–Kier alpha value is -2.00. The second kappa shape index (κ2) is 7.44. The first kappa shape index (κ1) is 19.3. The summed E-state index contributed by atoms with van der Waals surface area (Å²) in [4.78, 5) is 29.8. The lowest BCUT2D eigenvalue weighted by atomic mass is 10.2. The van der Waals surface area contributed by atoms with Crippen LogP contribution in [0.15, 0.2) is 58.3 Å². The number of hydrogen-bond donors (Lipinski definition) is 0. The molecule has 0 unspecified atom stereocenters. The standard InChI is InChI=1S/C20H14N2O2S4/c1-11-5-3-7-13(9-11)21-17(23)15(27-19(21)25)16-18(24)22(20(26)28-16)14-8-4-6-12(2)10-14/h3-10H,1-2H3. The molecule has 2 fully saturated rings. The van der Waals surface area contributed by atoms with Crippen molar-refractivity contribution in [2.75, 3.05) is 9.80 Å². The smallest absolute Gasteiger partial charge is 0.268 e. The maximum Gasteiger partial charge on any atom is 0.272 e. The normalized spacial score (nSPS) is 19.9. The van der Waals surface area contributed by atoms with Gasteiger partial charge in [0.1, 0.15) is 0 Å². The average Bonchev–Trinajstić information content (AvgIpc) is 3.10. The highest BCUT2D eigenvalue weighted by atomic mass is 32.2. The Morgan fingerprint density at radius 3 is 1.46 bits per heavy atom. The molecule has 0 aromatic heterocycles. The molecule has 0 spiro atoms. The average molecular weight is 443 g/mol. The van der Waals surface area contributed by atoms with Crippen LogP contribution < -0.4 is 9.80 Å². The van der Waals surface area contributed by atoms with Gasteiger partial charge in [0.25, 0.3) is 11.8 Å². The van der Waals surface area contributed by atoms with Crippen molar-refractivity contribution in [3.05, 3.63) is 69.5 Å². The molecule has 28 heavy (non-hydrogen) atoms. The van der Waals surface area contributed by atoms with Crippen LogP contribution in [-0.4, -0.2) is 20.5 Å². The van der Waals surface area contributed by atoms with E-state index in [1.165, 1.54) is 9.80 Å². The van der Waals surface area contributed by atoms with E-state index >= 15 is 0 Å². The summed E-state index contributed by atoms with van der Waals surface area (Å²) in [6, 6.07) is 15.1. The van der Waals surface area contributed by atoms with E-state index in [9.17, 15) is 9.59 Å². The molecule has 140 valence electrons. The monoisotopic (exact) mass is 442 g/mol. The van der Waals surface area contributed by atoms with Gasteiger partial charge in [-0.3, -0.25) is 19.4 Å². The predicted molar refractivity (Wildman–Crippen MR) is 125 cm³/mol. The molecule has 0 radical (unpaired) electrons. The Morgan fingerprint density at radius 2 is 1.11 bits per heavy atom. The van der Waals surface area contributed by atoms with Crippen LogP contribution in [0.5, 0.6) is 0 Å². The summed E-state index contributed by atoms with van der Waals surface area (Å²) in [5.41, 5.74) is 3.45. The number of benzene rings is 2. The van der Waals surface area contributed by atoms with E-state index in [4.69, 9.17) is 24.4 Å². The van der Waals surface area contributed by atoms with E-state index in [2.05, 4.69) is 0 Å². The van der Waals surface area contributed by atoms with Crippen molar-refractivity contribution in [3.63, 3.8) is 0 Å². The highest BCUT2D eigenvalue weighted by molar-refractivity contribution is 8.30. The van der Waals surface area contributed by atoms with Crippen LogP contribution in [-0.2, 0) is 9.59 Å². The number of thiocarbonyl (C=S) groups is 2. The van der Waals surface area contributed by atoms with Gasteiger partial charge in [0, 0.05) is 0 Å². The predicted octanol–water partition coefficient (Wildman–Crippen LogP) is 4.94. The summed E-state index contributed by atoms with van der Waals surface area (Å²) < 4.78 is 0.817. The van der Waals surface area contributed by atoms with Gasteiger partial charge in [0.05, 0.1) is 21.2 Å². The molecule has 2 saturated heterocycles. The van der Waals surface area contributed by atoms with Crippen LogP contribution in [0, 0.1) is 13.8 Å². The van der Waals surface area contributed by atoms with Gasteiger partial charge in [-0.25, -0.2) is 0 Å². The van der Waals surface area contributed by atoms with Crippen molar-refractivity contribution in [2.45, 2.75) is 13.8 Å². The number of carbonyl (C=O) groups excluding carboxylic acids is 2. The first-order chi connectivity index (χ1) is 13.4. The molecule has 4 nitrogen and oxygen atoms in total. The van der Waals surface area contributed by atoms with Crippen molar-refractivity contribution in [2.24, 2.45) is 0 Å². The number of carbonyl (C=O) groups is 2. The molecule has 0 N–H and O–H groups in total. The Morgan fingerprint density at radius 1 is 0.714 bits per heavy atom. The molecule has 0 saturated carbocycles. The summed E-state index contributed by atoms with van der Waals surface area (Å²) in [6.07, 6.45) is 0. The van der Waals surface area contributed by atoms with Gasteiger partial charge < -0.3 is 0 Å². The minimum absolute atomic E-state index is 0.287. The first-order valence-corrected chi connectivity index (χ1v) is 10.8. The summed E-state index contributed by atoms with van der Waals surface area (Å²) in [5.74, 6) is -0.573. The third kappa shape index (κ3) is 3.30. The summed E-state index contributed by atoms with van der Waals surface area (Å²) >= 11 is 13.2. The van der Waals surface area contributed by atoms with Crippen LogP contribution in [0.4, 0.5) is 11.4 Å². The number of nitrogens with zero attached hydrogens (tertiary/aromatic N) is 2. The fourth-order valence-electron chi connectivity index (χ4n) is 2.99. The topological polar surface area (TPSA) is 40.6 Å². The number of aryl methyl sites for hydroxylation is 2. The van der Waals surface area contributed by atoms with Gasteiger partial charge >= 0.3 is 0 Å². The molecular weight excluding hydrogens is 429 g/mol. The van der Waals surface area contributed by atoms with Gasteiger partial charge in [-0.1, -0.05) is 72.2 Å². The Labute approximate surface area is 182 Å². The van der Waals surface area contributed by atoms with Crippen LogP contribution in [0.25, 0.3) is 0 Å². The lowest BCUT2D eigenvalue weighted by molar-refractivity contribution is -0.115. The highest BCUT2D eigenvalue weighted by Gasteiger charge is 2.43. The van der Waals surface area contributed by atoms with Gasteiger partial charge in [0.15, 0.2) is 8.64 Å². The summed E-state index contributed by atoms with van der Waals surface area (Å²) in [6.45, 7) is 3.91. The maximum atomic E-state index is 13.1. The van der Waals surface area contributed by atoms with E-state index in [0.29, 0.717) is 29.8 Å². The van der Waals surface area contributed by atoms with Crippen molar-refractivity contribution in [1.29, 1.82) is 0 Å². The second-order valence-electron chi connectivity index (χ2n) is 6.35. The third-order valence-corrected chi connectivity index (χ3v) is 7.14. The minimum Gasteiger partial charge on any atom is -0.268 e. The maximum absolute atomic E-state index is 13.1. The fourth-order valence-corrected chi connectivity index (χ4v) is 5.74. The first-order valence-electron chi connectivity index (χ1n) is 8.37. The molecule has 2 aliphatic heterocycles. The molecular formula is C20H14N2O2S4. The molecule has 2 aromatic rings. The van der Waals surface area contributed by atoms with Crippen molar-refractivity contribution < 1.29 is 9.59 Å². The van der Waals surface area contributed by atoms with E-state index in [1.54, 1.807) is 0 Å². The fraction of sp³-hybridized carbons (Fsp3) is 0.100. The summed E-state index contributed by atoms with van der Waals surface area (Å²) in [5, 5.41) is 0. The number of anilines is 2. The SMILES string of the molecule is Cc1cccc(N2C(=O)C(=C3SC(=S)N(c4cccc(C)c4)C3=O)SC2=S)c1. The van der Waals surface area contributed by atoms with E-state index < -0.39 is 0 Å². The van der Waals surface area contributed by atoms with Crippen molar-refractivity contribution in [3.8, 4) is 0 Å². The zero-order valence-electron chi connectivity index (χ0n) is 15.0. The molecule has 4 rings (SSSR count). The molecule has 2 heterocycles. The minimum atomic E-state index is -0.287. The number of rotatable bonds is 2. The number of thioether (sulfide) groups is 2. The quantitative estimate of drug-likeness (QED) is 0.484. The van der Waals surface area contributed by atoms with Crippen molar-refractivity contribution in [1.82, 2.24) is 0 Å². The van der Waals surface area contributed by atoms with Crippen LogP contribution in [0.1, 0.15) is 11.1 Å². The van der Waals surface area contributed by atoms with Gasteiger partial charge in [-0.05, 0) is 49.2 Å². The van der Waals surface area contributed by atoms with E-state index in [1.807, 2.05) is 62.4 Å². The van der Waals surface area contributed by atoms with Crippen LogP contribution in [0.2, 0.25) is 0 Å². The molecule has 2 amide bonds. The zero-order valence-corrected chi connectivity index (χ0v) is 18.2. The molecule has 8 heteroatoms. The van der Waals surface area contributed by atoms with E-state index in [0.717, 1.165) is 34.7 Å². The molecule has 2 aromatic carbocycles. The molecule has 0 atom stereocenters. The Balaban J connectivity index is 1.72. The Bertz CT molecular complexity index is 1010. The lowest BCUT2D eigenvalue weighted by Crippen LogP contribution is -2.29. The largest absolute Gasteiger partial charge is 0.272 e. The van der Waals surface area contributed by atoms with E-state index in [-0.39, 0.29) is 11.8 Å².